The predicted octanol–water partition coefficient (Wildman–Crippen LogP) is 2.10. The van der Waals surface area contributed by atoms with Crippen LogP contribution in [0.25, 0.3) is 11.0 Å². The first-order valence-electron chi connectivity index (χ1n) is 10.3. The van der Waals surface area contributed by atoms with Gasteiger partial charge in [-0.1, -0.05) is 0 Å². The molecule has 1 saturated carbocycles. The molecule has 3 aliphatic rings. The van der Waals surface area contributed by atoms with E-state index < -0.39 is 0 Å². The largest absolute Gasteiger partial charge is 0.383 e. The molecule has 27 heavy (non-hydrogen) atoms. The number of hydrogen-bond acceptors (Lipinski definition) is 5. The van der Waals surface area contributed by atoms with Crippen molar-refractivity contribution in [3.05, 3.63) is 18.6 Å². The number of aromatic nitrogens is 3. The summed E-state index contributed by atoms with van der Waals surface area (Å²) in [7, 11) is 0. The van der Waals surface area contributed by atoms with E-state index in [-0.39, 0.29) is 11.5 Å². The van der Waals surface area contributed by atoms with E-state index >= 15 is 0 Å². The van der Waals surface area contributed by atoms with Crippen LogP contribution in [0.15, 0.2) is 18.6 Å². The fraction of sp³-hybridized carbons (Fsp3) is 0.650. The third-order valence-electron chi connectivity index (χ3n) is 7.08. The van der Waals surface area contributed by atoms with Crippen molar-refractivity contribution in [2.24, 2.45) is 5.92 Å². The number of nitrogens with two attached hydrogens (primary N) is 1. The molecule has 0 aromatic carbocycles. The Hall–Kier alpha value is -2.15. The molecule has 1 spiro atoms. The summed E-state index contributed by atoms with van der Waals surface area (Å²) >= 11 is 0. The van der Waals surface area contributed by atoms with Crippen LogP contribution in [-0.4, -0.2) is 50.5 Å². The normalized spacial score (nSPS) is 27.6. The van der Waals surface area contributed by atoms with Gasteiger partial charge < -0.3 is 20.5 Å². The second-order valence-electron chi connectivity index (χ2n) is 8.45. The monoisotopic (exact) mass is 368 g/mol. The molecule has 5 rings (SSSR count). The van der Waals surface area contributed by atoms with Gasteiger partial charge in [-0.2, -0.15) is 0 Å². The van der Waals surface area contributed by atoms with Crippen molar-refractivity contribution in [2.75, 3.05) is 25.4 Å². The Morgan fingerprint density at radius 2 is 2.07 bits per heavy atom. The summed E-state index contributed by atoms with van der Waals surface area (Å²) in [5.74, 6) is 1.05. The number of nitrogens with zero attached hydrogens (tertiary/aromatic N) is 4. The van der Waals surface area contributed by atoms with E-state index in [1.165, 1.54) is 12.7 Å². The van der Waals surface area contributed by atoms with Gasteiger partial charge in [-0.25, -0.2) is 9.97 Å². The van der Waals surface area contributed by atoms with Crippen LogP contribution in [0.2, 0.25) is 0 Å². The van der Waals surface area contributed by atoms with Crippen LogP contribution in [0.4, 0.5) is 5.82 Å². The van der Waals surface area contributed by atoms with Crippen molar-refractivity contribution >= 4 is 22.8 Å². The minimum absolute atomic E-state index is 0.127. The van der Waals surface area contributed by atoms with Gasteiger partial charge >= 0.3 is 0 Å². The predicted molar refractivity (Wildman–Crippen MR) is 104 cm³/mol. The van der Waals surface area contributed by atoms with Gasteiger partial charge in [0.15, 0.2) is 0 Å². The first kappa shape index (κ1) is 17.0. The fourth-order valence-corrected chi connectivity index (χ4v) is 5.63. The third-order valence-corrected chi connectivity index (χ3v) is 7.08. The number of piperidine rings is 1. The number of carbonyl (C=O) groups is 1. The van der Waals surface area contributed by atoms with Crippen LogP contribution in [0.3, 0.4) is 0 Å². The number of fused-ring (bicyclic) bond motifs is 1. The number of hydrogen-bond donors (Lipinski definition) is 2. The summed E-state index contributed by atoms with van der Waals surface area (Å²) in [5.41, 5.74) is 6.99. The van der Waals surface area contributed by atoms with Gasteiger partial charge in [-0.3, -0.25) is 4.79 Å². The molecule has 0 radical (unpaired) electrons. The fourth-order valence-electron chi connectivity index (χ4n) is 5.63. The smallest absolute Gasteiger partial charge is 0.226 e. The molecule has 3 N–H and O–H groups in total. The molecule has 7 heteroatoms. The Morgan fingerprint density at radius 1 is 1.22 bits per heavy atom. The molecule has 2 atom stereocenters. The van der Waals surface area contributed by atoms with Gasteiger partial charge in [0.2, 0.25) is 5.91 Å². The molecule has 7 nitrogen and oxygen atoms in total. The summed E-state index contributed by atoms with van der Waals surface area (Å²) in [6, 6.07) is 2.31. The van der Waals surface area contributed by atoms with E-state index in [9.17, 15) is 4.79 Å². The van der Waals surface area contributed by atoms with Crippen molar-refractivity contribution in [3.63, 3.8) is 0 Å². The Bertz CT molecular complexity index is 855. The van der Waals surface area contributed by atoms with Crippen LogP contribution in [0.5, 0.6) is 0 Å². The van der Waals surface area contributed by atoms with Crippen molar-refractivity contribution in [1.82, 2.24) is 24.8 Å². The summed E-state index contributed by atoms with van der Waals surface area (Å²) in [4.78, 5) is 24.2. The Kier molecular flexibility index (Phi) is 4.07. The van der Waals surface area contributed by atoms with Gasteiger partial charge in [0.1, 0.15) is 17.8 Å². The van der Waals surface area contributed by atoms with Gasteiger partial charge in [-0.15, -0.1) is 0 Å². The summed E-state index contributed by atoms with van der Waals surface area (Å²) < 4.78 is 2.20. The molecule has 1 aliphatic carbocycles. The van der Waals surface area contributed by atoms with Crippen LogP contribution in [-0.2, 0) is 4.79 Å². The number of carbonyl (C=O) groups excluding carboxylic acids is 1. The van der Waals surface area contributed by atoms with Crippen molar-refractivity contribution in [1.29, 1.82) is 0 Å². The first-order chi connectivity index (χ1) is 13.2. The highest BCUT2D eigenvalue weighted by Gasteiger charge is 2.46. The molecular weight excluding hydrogens is 340 g/mol. The first-order valence-corrected chi connectivity index (χ1v) is 10.3. The molecule has 1 amide bonds. The van der Waals surface area contributed by atoms with Crippen LogP contribution in [0.1, 0.15) is 51.0 Å². The summed E-state index contributed by atoms with van der Waals surface area (Å²) in [6.07, 6.45) is 11.0. The van der Waals surface area contributed by atoms with Crippen molar-refractivity contribution < 1.29 is 4.79 Å². The molecule has 2 saturated heterocycles. The van der Waals surface area contributed by atoms with Crippen LogP contribution < -0.4 is 11.1 Å². The quantitative estimate of drug-likeness (QED) is 0.847. The number of anilines is 1. The molecular formula is C20H28N6O. The van der Waals surface area contributed by atoms with Crippen molar-refractivity contribution in [3.8, 4) is 0 Å². The lowest BCUT2D eigenvalue weighted by Crippen LogP contribution is -2.54. The number of likely N-dealkylation sites (tertiary alicyclic amines) is 1. The highest BCUT2D eigenvalue weighted by molar-refractivity contribution is 5.86. The summed E-state index contributed by atoms with van der Waals surface area (Å²) in [6.45, 7) is 3.01. The zero-order valence-electron chi connectivity index (χ0n) is 15.7. The highest BCUT2D eigenvalue weighted by Crippen LogP contribution is 2.42. The second-order valence-corrected chi connectivity index (χ2v) is 8.45. The Labute approximate surface area is 159 Å². The molecule has 2 aromatic rings. The number of nitrogens with one attached hydrogen (secondary N) is 1. The van der Waals surface area contributed by atoms with Gasteiger partial charge in [0.05, 0.1) is 5.39 Å². The van der Waals surface area contributed by atoms with E-state index in [2.05, 4.69) is 30.9 Å². The number of rotatable bonds is 2. The topological polar surface area (TPSA) is 89.1 Å². The maximum Gasteiger partial charge on any atom is 0.226 e. The van der Waals surface area contributed by atoms with Crippen molar-refractivity contribution in [2.45, 2.75) is 56.5 Å². The molecule has 0 bridgehead atoms. The molecule has 2 aliphatic heterocycles. The lowest BCUT2D eigenvalue weighted by Gasteiger charge is -2.43. The van der Waals surface area contributed by atoms with E-state index in [4.69, 9.17) is 5.73 Å². The average molecular weight is 368 g/mol. The standard InChI is InChI=1S/C20H28N6O/c21-17-16-4-11-25(18(16)24-13-23-17)15-3-2-14(12-15)19(27)26-10-1-5-20(26)6-8-22-9-7-20/h4,11,13-15,22H,1-3,5-10,12H2,(H2,21,23,24)/t14-,15+/m1/s1. The Morgan fingerprint density at radius 3 is 2.93 bits per heavy atom. The third kappa shape index (κ3) is 2.71. The molecule has 4 heterocycles. The molecule has 3 fully saturated rings. The van der Waals surface area contributed by atoms with E-state index in [1.54, 1.807) is 0 Å². The maximum atomic E-state index is 13.4. The molecule has 144 valence electrons. The molecule has 0 unspecified atom stereocenters. The number of nitrogen functional groups attached to an aromatic ring is 1. The van der Waals surface area contributed by atoms with E-state index in [1.807, 2.05) is 6.07 Å². The van der Waals surface area contributed by atoms with Crippen LogP contribution in [0, 0.1) is 5.92 Å². The minimum Gasteiger partial charge on any atom is -0.383 e. The zero-order chi connectivity index (χ0) is 18.4. The van der Waals surface area contributed by atoms with E-state index in [0.717, 1.165) is 69.2 Å². The second kappa shape index (κ2) is 6.48. The number of amides is 1. The van der Waals surface area contributed by atoms with Gasteiger partial charge in [0.25, 0.3) is 0 Å². The zero-order valence-corrected chi connectivity index (χ0v) is 15.7. The summed E-state index contributed by atoms with van der Waals surface area (Å²) in [5, 5.41) is 4.35. The SMILES string of the molecule is Nc1ncnc2c1ccn2[C@H]1CC[C@@H](C(=O)N2CCCC23CCNCC3)C1. The maximum absolute atomic E-state index is 13.4. The lowest BCUT2D eigenvalue weighted by atomic mass is 9.85. The van der Waals surface area contributed by atoms with Gasteiger partial charge in [-0.05, 0) is 64.1 Å². The lowest BCUT2D eigenvalue weighted by molar-refractivity contribution is -0.140. The Balaban J connectivity index is 1.34. The van der Waals surface area contributed by atoms with Gasteiger partial charge in [0, 0.05) is 30.2 Å². The average Bonchev–Trinajstić information content (AvgIpc) is 3.40. The molecule has 2 aromatic heterocycles. The minimum atomic E-state index is 0.127. The highest BCUT2D eigenvalue weighted by atomic mass is 16.2. The van der Waals surface area contributed by atoms with E-state index in [0.29, 0.717) is 17.8 Å². The van der Waals surface area contributed by atoms with Crippen LogP contribution >= 0.6 is 0 Å².